The predicted molar refractivity (Wildman–Crippen MR) is 73.1 cm³/mol. The first-order valence-electron chi connectivity index (χ1n) is 6.25. The molecule has 0 heterocycles. The molecule has 102 valence electrons. The van der Waals surface area contributed by atoms with Crippen LogP contribution < -0.4 is 10.1 Å². The maximum absolute atomic E-state index is 9.73. The minimum atomic E-state index is -0.505. The average molecular weight is 253 g/mol. The lowest BCUT2D eigenvalue weighted by molar-refractivity contribution is 0.0318. The Hall–Kier alpha value is -1.26. The van der Waals surface area contributed by atoms with Crippen molar-refractivity contribution in [3.05, 3.63) is 24.3 Å². The van der Waals surface area contributed by atoms with Crippen LogP contribution in [0.1, 0.15) is 13.8 Å². The molecule has 18 heavy (non-hydrogen) atoms. The summed E-state index contributed by atoms with van der Waals surface area (Å²) in [5.41, 5.74) is 0.928. The number of aliphatic hydroxyl groups is 1. The molecular weight excluding hydrogens is 230 g/mol. The molecule has 0 aliphatic heterocycles. The number of aliphatic hydroxyl groups excluding tert-OH is 1. The van der Waals surface area contributed by atoms with E-state index < -0.39 is 6.10 Å². The second-order valence-electron chi connectivity index (χ2n) is 4.70. The summed E-state index contributed by atoms with van der Waals surface area (Å²) in [6.07, 6.45) is -0.505. The third-order valence-corrected chi connectivity index (χ3v) is 2.37. The van der Waals surface area contributed by atoms with Crippen molar-refractivity contribution >= 4 is 5.69 Å². The van der Waals surface area contributed by atoms with E-state index in [0.717, 1.165) is 11.4 Å². The zero-order chi connectivity index (χ0) is 13.4. The Labute approximate surface area is 109 Å². The molecule has 1 aromatic carbocycles. The van der Waals surface area contributed by atoms with Gasteiger partial charge in [-0.15, -0.1) is 0 Å². The summed E-state index contributed by atoms with van der Waals surface area (Å²) in [5, 5.41) is 12.9. The normalized spacial score (nSPS) is 12.5. The Kier molecular flexibility index (Phi) is 6.54. The van der Waals surface area contributed by atoms with Crippen molar-refractivity contribution in [1.29, 1.82) is 0 Å². The van der Waals surface area contributed by atoms with Crippen molar-refractivity contribution in [3.8, 4) is 5.75 Å². The summed E-state index contributed by atoms with van der Waals surface area (Å²) in [6, 6.07) is 7.61. The van der Waals surface area contributed by atoms with Gasteiger partial charge >= 0.3 is 0 Å². The van der Waals surface area contributed by atoms with Crippen molar-refractivity contribution in [2.24, 2.45) is 5.92 Å². The van der Waals surface area contributed by atoms with E-state index in [2.05, 4.69) is 19.2 Å². The fourth-order valence-electron chi connectivity index (χ4n) is 1.47. The van der Waals surface area contributed by atoms with Crippen LogP contribution in [0.15, 0.2) is 24.3 Å². The molecule has 1 atom stereocenters. The number of nitrogens with one attached hydrogen (secondary N) is 1. The number of hydrogen-bond donors (Lipinski definition) is 2. The SMILES string of the molecule is COc1cccc(NCC(O)COCC(C)C)c1. The minimum Gasteiger partial charge on any atom is -0.497 e. The van der Waals surface area contributed by atoms with Crippen LogP contribution in [0, 0.1) is 5.92 Å². The molecule has 1 unspecified atom stereocenters. The topological polar surface area (TPSA) is 50.7 Å². The van der Waals surface area contributed by atoms with Gasteiger partial charge in [0.1, 0.15) is 5.75 Å². The molecule has 0 saturated heterocycles. The molecule has 0 aromatic heterocycles. The zero-order valence-electron chi connectivity index (χ0n) is 11.3. The summed E-state index contributed by atoms with van der Waals surface area (Å²) >= 11 is 0. The van der Waals surface area contributed by atoms with E-state index in [4.69, 9.17) is 9.47 Å². The number of anilines is 1. The van der Waals surface area contributed by atoms with Crippen molar-refractivity contribution in [2.75, 3.05) is 32.2 Å². The Bertz CT molecular complexity index is 342. The third-order valence-electron chi connectivity index (χ3n) is 2.37. The first-order valence-corrected chi connectivity index (χ1v) is 6.25. The molecule has 1 rings (SSSR count). The van der Waals surface area contributed by atoms with Gasteiger partial charge in [-0.25, -0.2) is 0 Å². The van der Waals surface area contributed by atoms with Crippen molar-refractivity contribution in [2.45, 2.75) is 20.0 Å². The molecular formula is C14H23NO3. The maximum atomic E-state index is 9.73. The number of rotatable bonds is 8. The van der Waals surface area contributed by atoms with Gasteiger partial charge in [0.2, 0.25) is 0 Å². The van der Waals surface area contributed by atoms with Crippen molar-refractivity contribution in [3.63, 3.8) is 0 Å². The van der Waals surface area contributed by atoms with Gasteiger partial charge in [-0.3, -0.25) is 0 Å². The zero-order valence-corrected chi connectivity index (χ0v) is 11.3. The fraction of sp³-hybridized carbons (Fsp3) is 0.571. The molecule has 0 saturated carbocycles. The molecule has 4 heteroatoms. The molecule has 0 radical (unpaired) electrons. The van der Waals surface area contributed by atoms with E-state index in [1.807, 2.05) is 24.3 Å². The Balaban J connectivity index is 2.26. The van der Waals surface area contributed by atoms with Crippen LogP contribution in [0.5, 0.6) is 5.75 Å². The van der Waals surface area contributed by atoms with Crippen molar-refractivity contribution in [1.82, 2.24) is 0 Å². The standard InChI is InChI=1S/C14H23NO3/c1-11(2)9-18-10-13(16)8-15-12-5-4-6-14(7-12)17-3/h4-7,11,13,15-16H,8-10H2,1-3H3. The number of ether oxygens (including phenoxy) is 2. The van der Waals surface area contributed by atoms with Gasteiger partial charge in [0.05, 0.1) is 19.8 Å². The molecule has 2 N–H and O–H groups in total. The van der Waals surface area contributed by atoms with Gasteiger partial charge < -0.3 is 19.9 Å². The lowest BCUT2D eigenvalue weighted by Crippen LogP contribution is -2.25. The summed E-state index contributed by atoms with van der Waals surface area (Å²) in [4.78, 5) is 0. The van der Waals surface area contributed by atoms with E-state index >= 15 is 0 Å². The number of benzene rings is 1. The highest BCUT2D eigenvalue weighted by atomic mass is 16.5. The van der Waals surface area contributed by atoms with E-state index in [0.29, 0.717) is 25.7 Å². The van der Waals surface area contributed by atoms with Gasteiger partial charge in [0.15, 0.2) is 0 Å². The van der Waals surface area contributed by atoms with Gasteiger partial charge in [0.25, 0.3) is 0 Å². The summed E-state index contributed by atoms with van der Waals surface area (Å²) < 4.78 is 10.5. The largest absolute Gasteiger partial charge is 0.497 e. The van der Waals surface area contributed by atoms with Crippen LogP contribution in [0.2, 0.25) is 0 Å². The Morgan fingerprint density at radius 2 is 2.06 bits per heavy atom. The van der Waals surface area contributed by atoms with E-state index in [-0.39, 0.29) is 0 Å². The first-order chi connectivity index (χ1) is 8.61. The van der Waals surface area contributed by atoms with Gasteiger partial charge in [-0.1, -0.05) is 19.9 Å². The highest BCUT2D eigenvalue weighted by molar-refractivity contribution is 5.48. The second-order valence-corrected chi connectivity index (χ2v) is 4.70. The van der Waals surface area contributed by atoms with Crippen LogP contribution >= 0.6 is 0 Å². The minimum absolute atomic E-state index is 0.356. The monoisotopic (exact) mass is 253 g/mol. The second kappa shape index (κ2) is 7.95. The Morgan fingerprint density at radius 1 is 1.28 bits per heavy atom. The highest BCUT2D eigenvalue weighted by Crippen LogP contribution is 2.16. The molecule has 0 spiro atoms. The molecule has 0 bridgehead atoms. The first kappa shape index (κ1) is 14.8. The third kappa shape index (κ3) is 5.89. The lowest BCUT2D eigenvalue weighted by atomic mass is 10.2. The quantitative estimate of drug-likeness (QED) is 0.745. The van der Waals surface area contributed by atoms with Crippen LogP contribution in [0.25, 0.3) is 0 Å². The molecule has 0 amide bonds. The summed E-state index contributed by atoms with van der Waals surface area (Å²) in [5.74, 6) is 1.29. The van der Waals surface area contributed by atoms with Crippen LogP contribution in [-0.2, 0) is 4.74 Å². The predicted octanol–water partition coefficient (Wildman–Crippen LogP) is 2.14. The molecule has 0 aliphatic rings. The maximum Gasteiger partial charge on any atom is 0.120 e. The van der Waals surface area contributed by atoms with Gasteiger partial charge in [0, 0.05) is 24.9 Å². The lowest BCUT2D eigenvalue weighted by Gasteiger charge is -2.14. The summed E-state index contributed by atoms with van der Waals surface area (Å²) in [7, 11) is 1.63. The van der Waals surface area contributed by atoms with Gasteiger partial charge in [-0.2, -0.15) is 0 Å². The fourth-order valence-corrected chi connectivity index (χ4v) is 1.47. The number of methoxy groups -OCH3 is 1. The smallest absolute Gasteiger partial charge is 0.120 e. The highest BCUT2D eigenvalue weighted by Gasteiger charge is 2.05. The van der Waals surface area contributed by atoms with Crippen LogP contribution in [-0.4, -0.2) is 38.1 Å². The van der Waals surface area contributed by atoms with E-state index in [1.54, 1.807) is 7.11 Å². The number of hydrogen-bond acceptors (Lipinski definition) is 4. The molecule has 0 aliphatic carbocycles. The summed E-state index contributed by atoms with van der Waals surface area (Å²) in [6.45, 7) is 5.67. The van der Waals surface area contributed by atoms with Crippen LogP contribution in [0.4, 0.5) is 5.69 Å². The van der Waals surface area contributed by atoms with Crippen molar-refractivity contribution < 1.29 is 14.6 Å². The van der Waals surface area contributed by atoms with Crippen LogP contribution in [0.3, 0.4) is 0 Å². The molecule has 0 fully saturated rings. The van der Waals surface area contributed by atoms with E-state index in [9.17, 15) is 5.11 Å². The Morgan fingerprint density at radius 3 is 2.72 bits per heavy atom. The average Bonchev–Trinajstić information content (AvgIpc) is 2.36. The molecule has 1 aromatic rings. The van der Waals surface area contributed by atoms with E-state index in [1.165, 1.54) is 0 Å². The van der Waals surface area contributed by atoms with Gasteiger partial charge in [-0.05, 0) is 18.1 Å². The molecule has 4 nitrogen and oxygen atoms in total.